The monoisotopic (exact) mass is 180 g/mol. The number of hydrogen-bond donors (Lipinski definition) is 1. The van der Waals surface area contributed by atoms with E-state index in [0.29, 0.717) is 11.7 Å². The second-order valence-electron chi connectivity index (χ2n) is 3.92. The highest BCUT2D eigenvalue weighted by atomic mass is 16.4. The van der Waals surface area contributed by atoms with Crippen LogP contribution in [0.2, 0.25) is 0 Å². The number of aliphatic hydroxyl groups is 1. The van der Waals surface area contributed by atoms with Crippen LogP contribution in [0.1, 0.15) is 44.0 Å². The summed E-state index contributed by atoms with van der Waals surface area (Å²) in [7, 11) is 0. The van der Waals surface area contributed by atoms with Crippen LogP contribution in [0, 0.1) is 5.92 Å². The molecule has 1 fully saturated rings. The molecule has 1 N–H and O–H groups in total. The van der Waals surface area contributed by atoms with Crippen molar-refractivity contribution in [1.82, 2.24) is 0 Å². The van der Waals surface area contributed by atoms with Gasteiger partial charge in [-0.2, -0.15) is 0 Å². The Morgan fingerprint density at radius 1 is 1.46 bits per heavy atom. The molecule has 1 saturated carbocycles. The van der Waals surface area contributed by atoms with Crippen LogP contribution in [0.5, 0.6) is 0 Å². The van der Waals surface area contributed by atoms with E-state index in [0.717, 1.165) is 6.42 Å². The molecule has 13 heavy (non-hydrogen) atoms. The number of aliphatic hydroxyl groups excluding tert-OH is 1. The van der Waals surface area contributed by atoms with Gasteiger partial charge >= 0.3 is 0 Å². The van der Waals surface area contributed by atoms with E-state index in [4.69, 9.17) is 4.42 Å². The van der Waals surface area contributed by atoms with E-state index in [2.05, 4.69) is 0 Å². The molecule has 0 aliphatic heterocycles. The Hall–Kier alpha value is -0.760. The molecule has 1 aliphatic rings. The largest absolute Gasteiger partial charge is 0.467 e. The lowest BCUT2D eigenvalue weighted by Crippen LogP contribution is -2.03. The van der Waals surface area contributed by atoms with Gasteiger partial charge in [-0.25, -0.2) is 0 Å². The quantitative estimate of drug-likeness (QED) is 0.775. The summed E-state index contributed by atoms with van der Waals surface area (Å²) in [6, 6.07) is 3.67. The predicted molar refractivity (Wildman–Crippen MR) is 50.2 cm³/mol. The molecule has 1 atom stereocenters. The minimum atomic E-state index is -0.391. The second kappa shape index (κ2) is 3.97. The van der Waals surface area contributed by atoms with E-state index in [9.17, 15) is 5.11 Å². The van der Waals surface area contributed by atoms with Gasteiger partial charge in [-0.05, 0) is 24.5 Å². The number of furan rings is 1. The molecule has 0 bridgehead atoms. The number of hydrogen-bond acceptors (Lipinski definition) is 2. The Balaban J connectivity index is 1.87. The summed E-state index contributed by atoms with van der Waals surface area (Å²) >= 11 is 0. The fraction of sp³-hybridized carbons (Fsp3) is 0.636. The van der Waals surface area contributed by atoms with Crippen molar-refractivity contribution in [3.63, 3.8) is 0 Å². The molecule has 1 aromatic rings. The third-order valence-corrected chi connectivity index (χ3v) is 2.90. The topological polar surface area (TPSA) is 33.4 Å². The van der Waals surface area contributed by atoms with Gasteiger partial charge in [-0.3, -0.25) is 0 Å². The van der Waals surface area contributed by atoms with E-state index in [1.807, 2.05) is 12.1 Å². The number of rotatable bonds is 3. The van der Waals surface area contributed by atoms with E-state index in [1.165, 1.54) is 25.7 Å². The van der Waals surface area contributed by atoms with Crippen LogP contribution in [-0.2, 0) is 0 Å². The maximum atomic E-state index is 9.78. The van der Waals surface area contributed by atoms with Crippen molar-refractivity contribution < 1.29 is 9.52 Å². The van der Waals surface area contributed by atoms with Gasteiger partial charge in [0.1, 0.15) is 11.9 Å². The molecule has 0 amide bonds. The van der Waals surface area contributed by atoms with E-state index >= 15 is 0 Å². The molecule has 2 nitrogen and oxygen atoms in total. The summed E-state index contributed by atoms with van der Waals surface area (Å²) < 4.78 is 5.16. The van der Waals surface area contributed by atoms with Crippen molar-refractivity contribution in [2.24, 2.45) is 5.92 Å². The molecule has 2 heteroatoms. The van der Waals surface area contributed by atoms with Crippen LogP contribution in [-0.4, -0.2) is 5.11 Å². The first-order chi connectivity index (χ1) is 6.36. The maximum absolute atomic E-state index is 9.78. The summed E-state index contributed by atoms with van der Waals surface area (Å²) in [6.45, 7) is 0. The third kappa shape index (κ3) is 2.13. The molecule has 0 aromatic carbocycles. The lowest BCUT2D eigenvalue weighted by molar-refractivity contribution is 0.120. The molecule has 0 spiro atoms. The van der Waals surface area contributed by atoms with Crippen molar-refractivity contribution in [3.8, 4) is 0 Å². The zero-order valence-electron chi connectivity index (χ0n) is 7.78. The van der Waals surface area contributed by atoms with Crippen LogP contribution >= 0.6 is 0 Å². The molecule has 1 heterocycles. The molecule has 0 saturated heterocycles. The highest BCUT2D eigenvalue weighted by molar-refractivity contribution is 5.01. The van der Waals surface area contributed by atoms with Gasteiger partial charge in [0.15, 0.2) is 0 Å². The standard InChI is InChI=1S/C11H16O2/c12-10(11-6-3-7-13-11)8-9-4-1-2-5-9/h3,6-7,9-10,12H,1-2,4-5,8H2. The summed E-state index contributed by atoms with van der Waals surface area (Å²) in [5, 5.41) is 9.78. The predicted octanol–water partition coefficient (Wildman–Crippen LogP) is 2.89. The highest BCUT2D eigenvalue weighted by Crippen LogP contribution is 2.32. The van der Waals surface area contributed by atoms with E-state index in [-0.39, 0.29) is 0 Å². The summed E-state index contributed by atoms with van der Waals surface area (Å²) in [5.41, 5.74) is 0. The zero-order valence-corrected chi connectivity index (χ0v) is 7.78. The average molecular weight is 180 g/mol. The molecule has 0 radical (unpaired) electrons. The molecule has 1 aromatic heterocycles. The Morgan fingerprint density at radius 2 is 2.23 bits per heavy atom. The summed E-state index contributed by atoms with van der Waals surface area (Å²) in [5.74, 6) is 1.42. The second-order valence-corrected chi connectivity index (χ2v) is 3.92. The highest BCUT2D eigenvalue weighted by Gasteiger charge is 2.20. The Morgan fingerprint density at radius 3 is 2.85 bits per heavy atom. The van der Waals surface area contributed by atoms with Crippen LogP contribution in [0.25, 0.3) is 0 Å². The first-order valence-corrected chi connectivity index (χ1v) is 5.08. The molecular formula is C11H16O2. The minimum absolute atomic E-state index is 0.391. The van der Waals surface area contributed by atoms with Gasteiger partial charge in [0.25, 0.3) is 0 Å². The molecule has 1 aliphatic carbocycles. The zero-order chi connectivity index (χ0) is 9.10. The first-order valence-electron chi connectivity index (χ1n) is 5.08. The van der Waals surface area contributed by atoms with Crippen LogP contribution in [0.3, 0.4) is 0 Å². The van der Waals surface area contributed by atoms with Crippen LogP contribution < -0.4 is 0 Å². The van der Waals surface area contributed by atoms with Crippen molar-refractivity contribution in [2.75, 3.05) is 0 Å². The SMILES string of the molecule is OC(CC1CCCC1)c1ccco1. The Bertz CT molecular complexity index is 235. The third-order valence-electron chi connectivity index (χ3n) is 2.90. The van der Waals surface area contributed by atoms with Crippen molar-refractivity contribution in [1.29, 1.82) is 0 Å². The summed E-state index contributed by atoms with van der Waals surface area (Å²) in [4.78, 5) is 0. The van der Waals surface area contributed by atoms with Gasteiger partial charge in [0, 0.05) is 0 Å². The lowest BCUT2D eigenvalue weighted by atomic mass is 9.99. The van der Waals surface area contributed by atoms with Crippen LogP contribution in [0.4, 0.5) is 0 Å². The molecule has 1 unspecified atom stereocenters. The smallest absolute Gasteiger partial charge is 0.132 e. The maximum Gasteiger partial charge on any atom is 0.132 e. The molecule has 2 rings (SSSR count). The first kappa shape index (κ1) is 8.82. The Labute approximate surface area is 78.6 Å². The normalized spacial score (nSPS) is 20.7. The van der Waals surface area contributed by atoms with Gasteiger partial charge in [-0.1, -0.05) is 25.7 Å². The van der Waals surface area contributed by atoms with Crippen molar-refractivity contribution in [2.45, 2.75) is 38.2 Å². The van der Waals surface area contributed by atoms with Gasteiger partial charge in [-0.15, -0.1) is 0 Å². The average Bonchev–Trinajstić information content (AvgIpc) is 2.74. The fourth-order valence-electron chi connectivity index (χ4n) is 2.16. The van der Waals surface area contributed by atoms with Gasteiger partial charge in [0.05, 0.1) is 6.26 Å². The molecular weight excluding hydrogens is 164 g/mol. The van der Waals surface area contributed by atoms with Gasteiger partial charge < -0.3 is 9.52 Å². The van der Waals surface area contributed by atoms with E-state index in [1.54, 1.807) is 6.26 Å². The fourth-order valence-corrected chi connectivity index (χ4v) is 2.16. The van der Waals surface area contributed by atoms with Crippen LogP contribution in [0.15, 0.2) is 22.8 Å². The molecule has 72 valence electrons. The Kier molecular flexibility index (Phi) is 2.69. The van der Waals surface area contributed by atoms with Crippen molar-refractivity contribution >= 4 is 0 Å². The van der Waals surface area contributed by atoms with Crippen molar-refractivity contribution in [3.05, 3.63) is 24.2 Å². The van der Waals surface area contributed by atoms with E-state index < -0.39 is 6.10 Å². The minimum Gasteiger partial charge on any atom is -0.467 e. The van der Waals surface area contributed by atoms with Gasteiger partial charge in [0.2, 0.25) is 0 Å². The summed E-state index contributed by atoms with van der Waals surface area (Å²) in [6.07, 6.45) is 7.31. The lowest BCUT2D eigenvalue weighted by Gasteiger charge is -2.12.